The number of phenolic OH excluding ortho intramolecular Hbond substituents is 6. The number of rotatable bonds is 3. The molecule has 0 bridgehead atoms. The van der Waals surface area contributed by atoms with Crippen LogP contribution in [0.1, 0.15) is 43.7 Å². The van der Waals surface area contributed by atoms with Crippen molar-refractivity contribution in [1.82, 2.24) is 0 Å². The van der Waals surface area contributed by atoms with Gasteiger partial charge in [0.15, 0.2) is 45.3 Å². The highest BCUT2D eigenvalue weighted by molar-refractivity contribution is 6.00. The van der Waals surface area contributed by atoms with Crippen LogP contribution in [0.5, 0.6) is 34.5 Å². The summed E-state index contributed by atoms with van der Waals surface area (Å²) in [5.41, 5.74) is -1.36. The van der Waals surface area contributed by atoms with Crippen molar-refractivity contribution in [2.24, 2.45) is 5.41 Å². The van der Waals surface area contributed by atoms with Crippen LogP contribution in [-0.2, 0) is 0 Å². The summed E-state index contributed by atoms with van der Waals surface area (Å²) in [6.07, 6.45) is 6.57. The number of hydrogen-bond donors (Lipinski definition) is 6. The third-order valence-electron chi connectivity index (χ3n) is 9.07. The quantitative estimate of drug-likeness (QED) is 0.0686. The molecule has 0 unspecified atom stereocenters. The van der Waals surface area contributed by atoms with Crippen LogP contribution in [0.15, 0.2) is 84.7 Å². The molecule has 6 N–H and O–H groups in total. The number of hydrogen-bond acceptors (Lipinski definition) is 10. The van der Waals surface area contributed by atoms with E-state index in [1.807, 2.05) is 19.9 Å². The van der Waals surface area contributed by atoms with E-state index in [1.165, 1.54) is 48.5 Å². The zero-order valence-corrected chi connectivity index (χ0v) is 24.7. The lowest BCUT2D eigenvalue weighted by molar-refractivity contribution is 0.325. The molecule has 0 aliphatic heterocycles. The predicted molar refractivity (Wildman–Crippen MR) is 173 cm³/mol. The highest BCUT2D eigenvalue weighted by atomic mass is 16.4. The van der Waals surface area contributed by atoms with Crippen molar-refractivity contribution < 1.29 is 39.5 Å². The molecule has 2 heterocycles. The number of benzene rings is 4. The Morgan fingerprint density at radius 2 is 1.28 bits per heavy atom. The molecule has 46 heavy (non-hydrogen) atoms. The topological polar surface area (TPSA) is 182 Å². The van der Waals surface area contributed by atoms with Gasteiger partial charge in [-0.1, -0.05) is 42.9 Å². The Morgan fingerprint density at radius 1 is 0.739 bits per heavy atom. The van der Waals surface area contributed by atoms with Crippen LogP contribution in [0.4, 0.5) is 0 Å². The molecule has 10 heteroatoms. The summed E-state index contributed by atoms with van der Waals surface area (Å²) in [4.78, 5) is 26.4. The first-order chi connectivity index (χ1) is 21.9. The summed E-state index contributed by atoms with van der Waals surface area (Å²) in [7, 11) is 0. The van der Waals surface area contributed by atoms with E-state index in [0.29, 0.717) is 12.8 Å². The lowest BCUT2D eigenvalue weighted by atomic mass is 9.66. The monoisotopic (exact) mass is 620 g/mol. The smallest absolute Gasteiger partial charge is 0.204 e. The van der Waals surface area contributed by atoms with E-state index >= 15 is 0 Å². The Morgan fingerprint density at radius 3 is 1.87 bits per heavy atom. The fourth-order valence-corrected chi connectivity index (χ4v) is 6.50. The minimum absolute atomic E-state index is 0.0442. The van der Waals surface area contributed by atoms with Crippen LogP contribution in [0.3, 0.4) is 0 Å². The molecule has 0 radical (unpaired) electrons. The van der Waals surface area contributed by atoms with Crippen molar-refractivity contribution in [3.8, 4) is 34.5 Å². The van der Waals surface area contributed by atoms with Gasteiger partial charge in [0.2, 0.25) is 10.9 Å². The van der Waals surface area contributed by atoms with Gasteiger partial charge in [-0.05, 0) is 61.6 Å². The van der Waals surface area contributed by atoms with Gasteiger partial charge in [0.25, 0.3) is 0 Å². The fourth-order valence-electron chi connectivity index (χ4n) is 6.50. The second-order valence-corrected chi connectivity index (χ2v) is 12.1. The molecule has 2 aromatic heterocycles. The number of aromatic hydroxyl groups is 6. The maximum Gasteiger partial charge on any atom is 0.204 e. The Bertz CT molecular complexity index is 2470. The first kappa shape index (κ1) is 28.8. The first-order valence-corrected chi connectivity index (χ1v) is 14.5. The summed E-state index contributed by atoms with van der Waals surface area (Å²) >= 11 is 0. The van der Waals surface area contributed by atoms with E-state index in [9.17, 15) is 40.2 Å². The van der Waals surface area contributed by atoms with Crippen LogP contribution >= 0.6 is 0 Å². The molecule has 0 saturated heterocycles. The SMILES string of the molecule is CC1=C[C@@H](c2cc(O)c3c(=O)c4cccc(O)c4oc3c2O)[C@@](C)(C=Cc2cc(O)c3c(=O)c4cccc(O)c4oc3c2O)CC1. The molecule has 0 fully saturated rings. The molecule has 0 saturated carbocycles. The summed E-state index contributed by atoms with van der Waals surface area (Å²) in [5, 5.41) is 64.9. The Hall–Kier alpha value is -5.90. The Balaban J connectivity index is 1.39. The van der Waals surface area contributed by atoms with Crippen molar-refractivity contribution in [3.63, 3.8) is 0 Å². The van der Waals surface area contributed by atoms with Crippen LogP contribution in [0, 0.1) is 5.41 Å². The lowest BCUT2D eigenvalue weighted by Gasteiger charge is -2.38. The summed E-state index contributed by atoms with van der Waals surface area (Å²) in [6.45, 7) is 3.86. The van der Waals surface area contributed by atoms with Gasteiger partial charge in [-0.25, -0.2) is 0 Å². The van der Waals surface area contributed by atoms with Crippen molar-refractivity contribution in [2.45, 2.75) is 32.6 Å². The lowest BCUT2D eigenvalue weighted by Crippen LogP contribution is -2.26. The van der Waals surface area contributed by atoms with E-state index in [4.69, 9.17) is 8.83 Å². The van der Waals surface area contributed by atoms with Gasteiger partial charge >= 0.3 is 0 Å². The minimum Gasteiger partial charge on any atom is -0.507 e. The van der Waals surface area contributed by atoms with E-state index in [0.717, 1.165) is 5.57 Å². The molecule has 10 nitrogen and oxygen atoms in total. The van der Waals surface area contributed by atoms with Crippen LogP contribution < -0.4 is 10.9 Å². The molecule has 232 valence electrons. The van der Waals surface area contributed by atoms with Crippen molar-refractivity contribution in [2.75, 3.05) is 0 Å². The summed E-state index contributed by atoms with van der Waals surface area (Å²) in [6, 6.07) is 11.1. The van der Waals surface area contributed by atoms with E-state index in [2.05, 4.69) is 0 Å². The van der Waals surface area contributed by atoms with Crippen molar-refractivity contribution in [3.05, 3.63) is 97.8 Å². The van der Waals surface area contributed by atoms with Gasteiger partial charge < -0.3 is 39.5 Å². The molecule has 6 aromatic rings. The highest BCUT2D eigenvalue weighted by Crippen LogP contribution is 2.52. The summed E-state index contributed by atoms with van der Waals surface area (Å²) in [5.74, 6) is -2.76. The normalized spacial score (nSPS) is 18.7. The molecule has 0 amide bonds. The largest absolute Gasteiger partial charge is 0.507 e. The molecule has 1 aliphatic rings. The van der Waals surface area contributed by atoms with Crippen LogP contribution in [0.2, 0.25) is 0 Å². The van der Waals surface area contributed by atoms with Crippen LogP contribution in [0.25, 0.3) is 50.0 Å². The standard InChI is InChI=1S/C36H28O10/c1-16-9-11-36(2,12-10-17-14-24(39)26-29(42)18-5-3-7-22(37)32(18)45-34(26)28(17)41)21(13-16)20-15-25(40)27-30(43)19-6-4-8-23(38)33(19)46-35(27)31(20)44/h3-8,10,12-15,21,37-41,44H,9,11H2,1-2H3/t21-,36+/m0/s1. The molecule has 7 rings (SSSR count). The number of phenols is 6. The van der Waals surface area contributed by atoms with Gasteiger partial charge in [0, 0.05) is 17.0 Å². The molecule has 0 spiro atoms. The maximum atomic E-state index is 13.3. The molecule has 4 aromatic carbocycles. The molecule has 2 atom stereocenters. The molecular formula is C36H28O10. The highest BCUT2D eigenvalue weighted by Gasteiger charge is 2.37. The maximum absolute atomic E-state index is 13.3. The van der Waals surface area contributed by atoms with Crippen LogP contribution in [-0.4, -0.2) is 30.6 Å². The van der Waals surface area contributed by atoms with Gasteiger partial charge in [-0.15, -0.1) is 0 Å². The van der Waals surface area contributed by atoms with E-state index in [-0.39, 0.29) is 72.3 Å². The zero-order valence-electron chi connectivity index (χ0n) is 24.7. The van der Waals surface area contributed by atoms with E-state index < -0.39 is 39.4 Å². The summed E-state index contributed by atoms with van der Waals surface area (Å²) < 4.78 is 11.6. The average Bonchev–Trinajstić information content (AvgIpc) is 3.02. The van der Waals surface area contributed by atoms with Gasteiger partial charge in [-0.3, -0.25) is 9.59 Å². The Kier molecular flexibility index (Phi) is 6.31. The zero-order chi connectivity index (χ0) is 32.7. The average molecular weight is 621 g/mol. The minimum atomic E-state index is -0.754. The third-order valence-corrected chi connectivity index (χ3v) is 9.07. The van der Waals surface area contributed by atoms with Gasteiger partial charge in [-0.2, -0.15) is 0 Å². The first-order valence-electron chi connectivity index (χ1n) is 14.5. The van der Waals surface area contributed by atoms with Crippen molar-refractivity contribution >= 4 is 50.0 Å². The number of allylic oxidation sites excluding steroid dienone is 3. The number of para-hydroxylation sites is 2. The number of fused-ring (bicyclic) bond motifs is 4. The van der Waals surface area contributed by atoms with E-state index in [1.54, 1.807) is 12.2 Å². The van der Waals surface area contributed by atoms with Gasteiger partial charge in [0.05, 0.1) is 10.8 Å². The Labute approximate surface area is 259 Å². The van der Waals surface area contributed by atoms with Crippen molar-refractivity contribution in [1.29, 1.82) is 0 Å². The second kappa shape index (κ2) is 10.1. The molecule has 1 aliphatic carbocycles. The van der Waals surface area contributed by atoms with Gasteiger partial charge in [0.1, 0.15) is 22.3 Å². The molecular weight excluding hydrogens is 592 g/mol. The third kappa shape index (κ3) is 4.17. The fraction of sp³-hybridized carbons (Fsp3) is 0.167. The second-order valence-electron chi connectivity index (χ2n) is 12.1. The predicted octanol–water partition coefficient (Wildman–Crippen LogP) is 6.98.